The number of sulfonamides is 1. The summed E-state index contributed by atoms with van der Waals surface area (Å²) < 4.78 is 27.0. The number of piperazine rings is 1. The van der Waals surface area contributed by atoms with Crippen LogP contribution in [0.15, 0.2) is 78.2 Å². The first kappa shape index (κ1) is 22.0. The van der Waals surface area contributed by atoms with Crippen LogP contribution < -0.4 is 4.72 Å². The smallest absolute Gasteiger partial charge is 0.253 e. The molecular weight excluding hydrogens is 398 g/mol. The molecule has 0 unspecified atom stereocenters. The summed E-state index contributed by atoms with van der Waals surface area (Å²) in [6.45, 7) is 7.27. The molecular formula is C23H27N3O3S. The number of nitrogens with zero attached hydrogens (tertiary/aromatic N) is 2. The van der Waals surface area contributed by atoms with E-state index in [2.05, 4.69) is 40.5 Å². The molecule has 0 atom stereocenters. The van der Waals surface area contributed by atoms with Crippen LogP contribution in [0, 0.1) is 0 Å². The fourth-order valence-electron chi connectivity index (χ4n) is 3.27. The Balaban J connectivity index is 1.56. The Morgan fingerprint density at radius 2 is 1.77 bits per heavy atom. The number of hydrogen-bond acceptors (Lipinski definition) is 4. The largest absolute Gasteiger partial charge is 0.336 e. The zero-order valence-electron chi connectivity index (χ0n) is 16.9. The number of amides is 1. The van der Waals surface area contributed by atoms with Crippen molar-refractivity contribution in [3.8, 4) is 0 Å². The predicted molar refractivity (Wildman–Crippen MR) is 120 cm³/mol. The highest BCUT2D eigenvalue weighted by Crippen LogP contribution is 2.15. The zero-order chi connectivity index (χ0) is 21.4. The molecule has 0 aliphatic carbocycles. The highest BCUT2D eigenvalue weighted by molar-refractivity contribution is 7.89. The summed E-state index contributed by atoms with van der Waals surface area (Å²) in [5.41, 5.74) is 1.55. The van der Waals surface area contributed by atoms with Crippen molar-refractivity contribution in [3.63, 3.8) is 0 Å². The van der Waals surface area contributed by atoms with Gasteiger partial charge in [-0.1, -0.05) is 54.6 Å². The minimum absolute atomic E-state index is 0.0832. The Morgan fingerprint density at radius 3 is 2.47 bits per heavy atom. The van der Waals surface area contributed by atoms with Gasteiger partial charge in [-0.05, 0) is 23.8 Å². The summed E-state index contributed by atoms with van der Waals surface area (Å²) in [7, 11) is -3.66. The molecule has 30 heavy (non-hydrogen) atoms. The second kappa shape index (κ2) is 10.3. The molecule has 0 saturated carbocycles. The van der Waals surface area contributed by atoms with E-state index >= 15 is 0 Å². The van der Waals surface area contributed by atoms with E-state index in [1.165, 1.54) is 23.8 Å². The summed E-state index contributed by atoms with van der Waals surface area (Å²) in [6, 6.07) is 16.3. The predicted octanol–water partition coefficient (Wildman–Crippen LogP) is 2.62. The minimum Gasteiger partial charge on any atom is -0.336 e. The molecule has 2 aromatic rings. The molecule has 1 heterocycles. The first-order chi connectivity index (χ1) is 14.5. The summed E-state index contributed by atoms with van der Waals surface area (Å²) in [6.07, 6.45) is 5.71. The van der Waals surface area contributed by atoms with E-state index in [9.17, 15) is 13.2 Å². The maximum Gasteiger partial charge on any atom is 0.253 e. The van der Waals surface area contributed by atoms with E-state index in [0.29, 0.717) is 18.7 Å². The van der Waals surface area contributed by atoms with Crippen molar-refractivity contribution in [1.82, 2.24) is 14.5 Å². The second-order valence-electron chi connectivity index (χ2n) is 7.07. The van der Waals surface area contributed by atoms with Crippen LogP contribution in [0.1, 0.15) is 15.9 Å². The maximum absolute atomic E-state index is 12.9. The van der Waals surface area contributed by atoms with Gasteiger partial charge >= 0.3 is 0 Å². The molecule has 1 amide bonds. The SMILES string of the molecule is C=CCNS(=O)(=O)c1cccc(C(=O)N2CCN(C/C=C/c3ccccc3)CC2)c1. The second-order valence-corrected chi connectivity index (χ2v) is 8.84. The Morgan fingerprint density at radius 1 is 1.03 bits per heavy atom. The molecule has 1 N–H and O–H groups in total. The van der Waals surface area contributed by atoms with Gasteiger partial charge in [0.2, 0.25) is 10.0 Å². The molecule has 1 fully saturated rings. The van der Waals surface area contributed by atoms with E-state index in [4.69, 9.17) is 0 Å². The van der Waals surface area contributed by atoms with E-state index in [-0.39, 0.29) is 17.3 Å². The third kappa shape index (κ3) is 5.89. The number of nitrogens with one attached hydrogen (secondary N) is 1. The highest BCUT2D eigenvalue weighted by Gasteiger charge is 2.23. The number of carbonyl (C=O) groups excluding carboxylic acids is 1. The van der Waals surface area contributed by atoms with Gasteiger partial charge < -0.3 is 4.90 Å². The fraction of sp³-hybridized carbons (Fsp3) is 0.261. The summed E-state index contributed by atoms with van der Waals surface area (Å²) in [5.74, 6) is -0.143. The molecule has 1 aliphatic heterocycles. The summed E-state index contributed by atoms with van der Waals surface area (Å²) >= 11 is 0. The number of hydrogen-bond donors (Lipinski definition) is 1. The van der Waals surface area contributed by atoms with E-state index in [1.807, 2.05) is 18.2 Å². The molecule has 0 radical (unpaired) electrons. The lowest BCUT2D eigenvalue weighted by atomic mass is 10.1. The van der Waals surface area contributed by atoms with Crippen molar-refractivity contribution >= 4 is 22.0 Å². The maximum atomic E-state index is 12.9. The number of rotatable bonds is 8. The van der Waals surface area contributed by atoms with Crippen LogP contribution in [-0.4, -0.2) is 63.4 Å². The Labute approximate surface area is 178 Å². The van der Waals surface area contributed by atoms with E-state index in [0.717, 1.165) is 19.6 Å². The average molecular weight is 426 g/mol. The molecule has 1 saturated heterocycles. The van der Waals surface area contributed by atoms with Crippen molar-refractivity contribution in [2.45, 2.75) is 4.90 Å². The lowest BCUT2D eigenvalue weighted by molar-refractivity contribution is 0.0650. The topological polar surface area (TPSA) is 69.7 Å². The number of benzene rings is 2. The summed E-state index contributed by atoms with van der Waals surface area (Å²) in [4.78, 5) is 17.0. The van der Waals surface area contributed by atoms with Gasteiger partial charge in [-0.3, -0.25) is 9.69 Å². The Hall–Kier alpha value is -2.74. The van der Waals surface area contributed by atoms with Crippen molar-refractivity contribution in [1.29, 1.82) is 0 Å². The highest BCUT2D eigenvalue weighted by atomic mass is 32.2. The van der Waals surface area contributed by atoms with Gasteiger partial charge in [0.1, 0.15) is 0 Å². The van der Waals surface area contributed by atoms with Crippen LogP contribution in [0.4, 0.5) is 0 Å². The molecule has 6 nitrogen and oxygen atoms in total. The van der Waals surface area contributed by atoms with E-state index < -0.39 is 10.0 Å². The third-order valence-corrected chi connectivity index (χ3v) is 6.36. The average Bonchev–Trinajstić information content (AvgIpc) is 2.78. The van der Waals surface area contributed by atoms with Gasteiger partial charge in [0, 0.05) is 44.8 Å². The minimum atomic E-state index is -3.66. The van der Waals surface area contributed by atoms with Gasteiger partial charge in [0.25, 0.3) is 5.91 Å². The van der Waals surface area contributed by atoms with E-state index in [1.54, 1.807) is 17.0 Å². The van der Waals surface area contributed by atoms with Gasteiger partial charge in [0.05, 0.1) is 4.90 Å². The molecule has 0 bridgehead atoms. The lowest BCUT2D eigenvalue weighted by Gasteiger charge is -2.34. The van der Waals surface area contributed by atoms with Crippen LogP contribution >= 0.6 is 0 Å². The normalized spacial score (nSPS) is 15.4. The van der Waals surface area contributed by atoms with Crippen molar-refractivity contribution in [2.24, 2.45) is 0 Å². The van der Waals surface area contributed by atoms with Gasteiger partial charge in [-0.25, -0.2) is 13.1 Å². The first-order valence-corrected chi connectivity index (χ1v) is 11.4. The van der Waals surface area contributed by atoms with Crippen LogP contribution in [0.25, 0.3) is 6.08 Å². The van der Waals surface area contributed by atoms with Crippen molar-refractivity contribution in [3.05, 3.63) is 84.5 Å². The van der Waals surface area contributed by atoms with Gasteiger partial charge in [0.15, 0.2) is 0 Å². The quantitative estimate of drug-likeness (QED) is 0.660. The zero-order valence-corrected chi connectivity index (χ0v) is 17.7. The van der Waals surface area contributed by atoms with Crippen molar-refractivity contribution in [2.75, 3.05) is 39.3 Å². The molecule has 1 aliphatic rings. The molecule has 158 valence electrons. The van der Waals surface area contributed by atoms with Crippen LogP contribution in [0.3, 0.4) is 0 Å². The molecule has 0 aromatic heterocycles. The lowest BCUT2D eigenvalue weighted by Crippen LogP contribution is -2.48. The third-order valence-electron chi connectivity index (χ3n) is 4.94. The Bertz CT molecular complexity index is 995. The van der Waals surface area contributed by atoms with Crippen LogP contribution in [0.2, 0.25) is 0 Å². The van der Waals surface area contributed by atoms with Crippen molar-refractivity contribution < 1.29 is 13.2 Å². The van der Waals surface area contributed by atoms with Gasteiger partial charge in [-0.2, -0.15) is 0 Å². The van der Waals surface area contributed by atoms with Crippen LogP contribution in [0.5, 0.6) is 0 Å². The molecule has 2 aromatic carbocycles. The molecule has 0 spiro atoms. The number of carbonyl (C=O) groups is 1. The monoisotopic (exact) mass is 425 g/mol. The first-order valence-electron chi connectivity index (χ1n) is 9.93. The summed E-state index contributed by atoms with van der Waals surface area (Å²) in [5, 5.41) is 0. The molecule has 7 heteroatoms. The standard InChI is InChI=1S/C23H27N3O3S/c1-2-13-24-30(28,29)22-12-6-11-21(19-22)23(27)26-17-15-25(16-18-26)14-7-10-20-8-4-3-5-9-20/h2-12,19,24H,1,13-18H2/b10-7+. The van der Waals surface area contributed by atoms with Gasteiger partial charge in [-0.15, -0.1) is 6.58 Å². The van der Waals surface area contributed by atoms with Crippen LogP contribution in [-0.2, 0) is 10.0 Å². The molecule has 3 rings (SSSR count). The fourth-order valence-corrected chi connectivity index (χ4v) is 4.31. The Kier molecular flexibility index (Phi) is 7.57.